The number of benzene rings is 3. The zero-order valence-electron chi connectivity index (χ0n) is 15.5. The second-order valence-electron chi connectivity index (χ2n) is 7.04. The van der Waals surface area contributed by atoms with Gasteiger partial charge in [0.25, 0.3) is 0 Å². The molecule has 0 radical (unpaired) electrons. The molecule has 0 aliphatic carbocycles. The van der Waals surface area contributed by atoms with Crippen LogP contribution in [0.1, 0.15) is 22.3 Å². The van der Waals surface area contributed by atoms with E-state index >= 15 is 0 Å². The Morgan fingerprint density at radius 1 is 0.933 bits per heavy atom. The molecule has 1 aromatic heterocycles. The fraction of sp³-hybridized carbons (Fsp3) is 0.0417. The monoisotopic (exact) mass is 404 g/mol. The number of H-pyrrole nitrogens is 1. The molecule has 5 rings (SSSR count). The maximum atomic E-state index is 13.5. The van der Waals surface area contributed by atoms with Gasteiger partial charge in [-0.2, -0.15) is 13.2 Å². The fourth-order valence-corrected chi connectivity index (χ4v) is 3.87. The van der Waals surface area contributed by atoms with Gasteiger partial charge in [-0.3, -0.25) is 4.99 Å². The lowest BCUT2D eigenvalue weighted by molar-refractivity contribution is -0.138. The largest absolute Gasteiger partial charge is 0.507 e. The average Bonchev–Trinajstić information content (AvgIpc) is 3.34. The number of aliphatic imine (C=N–C) groups is 1. The van der Waals surface area contributed by atoms with E-state index in [1.165, 1.54) is 6.07 Å². The molecule has 1 aliphatic rings. The molecule has 0 bridgehead atoms. The zero-order valence-corrected chi connectivity index (χ0v) is 15.5. The van der Waals surface area contributed by atoms with E-state index in [9.17, 15) is 18.3 Å². The standard InChI is InChI=1S/C24H15F3N2O/c25-24(26,27)19-11-14(9-10-22(19)30)23(17-12-28-20-7-3-1-5-15(17)20)18-13-29-21-8-4-2-6-16(18)21/h1-13,28,30H/b23-18+. The number of phenolic OH excluding ortho intramolecular Hbond substituents is 1. The number of para-hydroxylation sites is 2. The molecule has 0 unspecified atom stereocenters. The lowest BCUT2D eigenvalue weighted by Gasteiger charge is -2.15. The van der Waals surface area contributed by atoms with Gasteiger partial charge in [0.2, 0.25) is 0 Å². The van der Waals surface area contributed by atoms with Gasteiger partial charge in [-0.05, 0) is 29.8 Å². The number of nitrogens with one attached hydrogen (secondary N) is 1. The Bertz CT molecular complexity index is 1350. The minimum Gasteiger partial charge on any atom is -0.507 e. The summed E-state index contributed by atoms with van der Waals surface area (Å²) in [6.45, 7) is 0. The molecule has 0 fully saturated rings. The molecule has 4 aromatic rings. The van der Waals surface area contributed by atoms with Crippen molar-refractivity contribution in [2.75, 3.05) is 0 Å². The zero-order chi connectivity index (χ0) is 20.9. The van der Waals surface area contributed by atoms with E-state index in [4.69, 9.17) is 0 Å². The normalized spacial score (nSPS) is 14.9. The van der Waals surface area contributed by atoms with Gasteiger partial charge in [0.05, 0.1) is 11.3 Å². The number of fused-ring (bicyclic) bond motifs is 2. The molecule has 6 heteroatoms. The van der Waals surface area contributed by atoms with E-state index in [2.05, 4.69) is 9.98 Å². The van der Waals surface area contributed by atoms with Crippen LogP contribution in [-0.4, -0.2) is 16.3 Å². The first-order chi connectivity index (χ1) is 14.4. The van der Waals surface area contributed by atoms with Crippen molar-refractivity contribution in [3.05, 3.63) is 95.2 Å². The van der Waals surface area contributed by atoms with Crippen LogP contribution in [-0.2, 0) is 6.18 Å². The molecule has 0 spiro atoms. The number of rotatable bonds is 2. The molecule has 2 N–H and O–H groups in total. The van der Waals surface area contributed by atoms with E-state index in [1.807, 2.05) is 48.5 Å². The SMILES string of the molecule is Oc1ccc(/C(=C2/C=Nc3ccccc32)c2c[nH]c3ccccc23)cc1C(F)(F)F. The molecular formula is C24H15F3N2O. The first-order valence-electron chi connectivity index (χ1n) is 9.28. The summed E-state index contributed by atoms with van der Waals surface area (Å²) in [5, 5.41) is 10.7. The third kappa shape index (κ3) is 2.88. The van der Waals surface area contributed by atoms with Crippen LogP contribution in [0, 0.1) is 0 Å². The van der Waals surface area contributed by atoms with E-state index in [0.29, 0.717) is 11.1 Å². The Morgan fingerprint density at radius 3 is 2.53 bits per heavy atom. The molecule has 30 heavy (non-hydrogen) atoms. The number of aromatic hydroxyl groups is 1. The number of aromatic amines is 1. The molecule has 0 amide bonds. The third-order valence-electron chi connectivity index (χ3n) is 5.25. The van der Waals surface area contributed by atoms with Gasteiger partial charge in [0, 0.05) is 45.6 Å². The minimum atomic E-state index is -4.67. The second-order valence-corrected chi connectivity index (χ2v) is 7.04. The number of nitrogens with zero attached hydrogens (tertiary/aromatic N) is 1. The quantitative estimate of drug-likeness (QED) is 0.390. The summed E-state index contributed by atoms with van der Waals surface area (Å²) in [5.41, 5.74) is 3.88. The summed E-state index contributed by atoms with van der Waals surface area (Å²) in [5.74, 6) is -0.796. The third-order valence-corrected chi connectivity index (χ3v) is 5.25. The number of halogens is 3. The highest BCUT2D eigenvalue weighted by Crippen LogP contribution is 2.43. The van der Waals surface area contributed by atoms with Crippen molar-refractivity contribution < 1.29 is 18.3 Å². The number of hydrogen-bond donors (Lipinski definition) is 2. The molecule has 2 heterocycles. The second kappa shape index (κ2) is 6.62. The Morgan fingerprint density at radius 2 is 1.70 bits per heavy atom. The van der Waals surface area contributed by atoms with Crippen molar-refractivity contribution in [1.82, 2.24) is 4.98 Å². The Hall–Kier alpha value is -3.80. The topological polar surface area (TPSA) is 48.4 Å². The number of phenols is 1. The van der Waals surface area contributed by atoms with Crippen molar-refractivity contribution in [2.45, 2.75) is 6.18 Å². The minimum absolute atomic E-state index is 0.350. The lowest BCUT2D eigenvalue weighted by atomic mass is 9.89. The van der Waals surface area contributed by atoms with Gasteiger partial charge in [-0.1, -0.05) is 42.5 Å². The number of hydrogen-bond acceptors (Lipinski definition) is 2. The lowest BCUT2D eigenvalue weighted by Crippen LogP contribution is -2.06. The average molecular weight is 404 g/mol. The molecule has 3 nitrogen and oxygen atoms in total. The van der Waals surface area contributed by atoms with Crippen molar-refractivity contribution in [2.24, 2.45) is 4.99 Å². The van der Waals surface area contributed by atoms with E-state index in [0.717, 1.165) is 45.4 Å². The maximum Gasteiger partial charge on any atom is 0.419 e. The Balaban J connectivity index is 1.85. The predicted octanol–water partition coefficient (Wildman–Crippen LogP) is 6.57. The van der Waals surface area contributed by atoms with Gasteiger partial charge >= 0.3 is 6.18 Å². The van der Waals surface area contributed by atoms with Gasteiger partial charge in [0.1, 0.15) is 5.75 Å². The molecule has 1 aliphatic heterocycles. The van der Waals surface area contributed by atoms with Crippen LogP contribution in [0.25, 0.3) is 22.0 Å². The highest BCUT2D eigenvalue weighted by Gasteiger charge is 2.34. The van der Waals surface area contributed by atoms with Crippen LogP contribution in [0.2, 0.25) is 0 Å². The smallest absolute Gasteiger partial charge is 0.419 e. The predicted molar refractivity (Wildman–Crippen MR) is 112 cm³/mol. The van der Waals surface area contributed by atoms with Crippen LogP contribution in [0.5, 0.6) is 5.75 Å². The summed E-state index contributed by atoms with van der Waals surface area (Å²) in [6, 6.07) is 18.7. The number of aromatic nitrogens is 1. The van der Waals surface area contributed by atoms with E-state index in [1.54, 1.807) is 12.4 Å². The van der Waals surface area contributed by atoms with Gasteiger partial charge in [0.15, 0.2) is 0 Å². The van der Waals surface area contributed by atoms with Crippen molar-refractivity contribution in [3.63, 3.8) is 0 Å². The number of allylic oxidation sites excluding steroid dienone is 1. The Kier molecular flexibility index (Phi) is 4.03. The summed E-state index contributed by atoms with van der Waals surface area (Å²) in [7, 11) is 0. The van der Waals surface area contributed by atoms with Crippen molar-refractivity contribution >= 4 is 34.0 Å². The van der Waals surface area contributed by atoms with Crippen LogP contribution >= 0.6 is 0 Å². The first-order valence-corrected chi connectivity index (χ1v) is 9.28. The van der Waals surface area contributed by atoms with Crippen LogP contribution in [0.3, 0.4) is 0 Å². The van der Waals surface area contributed by atoms with E-state index in [-0.39, 0.29) is 0 Å². The van der Waals surface area contributed by atoms with Crippen LogP contribution in [0.4, 0.5) is 18.9 Å². The van der Waals surface area contributed by atoms with Crippen LogP contribution < -0.4 is 0 Å². The molecule has 0 atom stereocenters. The first kappa shape index (κ1) is 18.2. The summed E-state index contributed by atoms with van der Waals surface area (Å²) >= 11 is 0. The van der Waals surface area contributed by atoms with E-state index < -0.39 is 17.5 Å². The maximum absolute atomic E-state index is 13.5. The molecule has 0 saturated carbocycles. The van der Waals surface area contributed by atoms with Crippen molar-refractivity contribution in [1.29, 1.82) is 0 Å². The molecule has 148 valence electrons. The summed E-state index contributed by atoms with van der Waals surface area (Å²) in [6.07, 6.45) is -1.19. The fourth-order valence-electron chi connectivity index (χ4n) is 3.87. The Labute approximate surface area is 169 Å². The highest BCUT2D eigenvalue weighted by molar-refractivity contribution is 6.27. The summed E-state index contributed by atoms with van der Waals surface area (Å²) < 4.78 is 40.5. The summed E-state index contributed by atoms with van der Waals surface area (Å²) in [4.78, 5) is 7.63. The highest BCUT2D eigenvalue weighted by atomic mass is 19.4. The van der Waals surface area contributed by atoms with Crippen molar-refractivity contribution in [3.8, 4) is 5.75 Å². The molecule has 0 saturated heterocycles. The molecular weight excluding hydrogens is 389 g/mol. The van der Waals surface area contributed by atoms with Gasteiger partial charge in [-0.15, -0.1) is 0 Å². The number of alkyl halides is 3. The van der Waals surface area contributed by atoms with Crippen LogP contribution in [0.15, 0.2) is 77.9 Å². The van der Waals surface area contributed by atoms with Gasteiger partial charge in [-0.25, -0.2) is 0 Å². The van der Waals surface area contributed by atoms with Gasteiger partial charge < -0.3 is 10.1 Å². The molecule has 3 aromatic carbocycles.